The topological polar surface area (TPSA) is 111 Å². The van der Waals surface area contributed by atoms with Gasteiger partial charge in [-0.3, -0.25) is 0 Å². The van der Waals surface area contributed by atoms with E-state index in [4.69, 9.17) is 31.2 Å². The second-order valence-corrected chi connectivity index (χ2v) is 7.80. The Balaban J connectivity index is 2.20. The molecule has 1 aromatic carbocycles. The van der Waals surface area contributed by atoms with E-state index in [9.17, 15) is 9.59 Å². The van der Waals surface area contributed by atoms with Gasteiger partial charge in [0.2, 0.25) is 5.95 Å². The van der Waals surface area contributed by atoms with E-state index in [1.54, 1.807) is 0 Å². The molecule has 0 spiro atoms. The highest BCUT2D eigenvalue weighted by Gasteiger charge is 2.27. The van der Waals surface area contributed by atoms with E-state index >= 15 is 0 Å². The van der Waals surface area contributed by atoms with Crippen LogP contribution in [0.4, 0.5) is 11.6 Å². The van der Waals surface area contributed by atoms with E-state index in [0.717, 1.165) is 38.3 Å². The van der Waals surface area contributed by atoms with E-state index in [-0.39, 0.29) is 27.9 Å². The van der Waals surface area contributed by atoms with E-state index in [2.05, 4.69) is 16.8 Å². The van der Waals surface area contributed by atoms with Crippen LogP contribution >= 0.6 is 11.6 Å². The van der Waals surface area contributed by atoms with Gasteiger partial charge in [-0.05, 0) is 20.9 Å². The molecule has 0 unspecified atom stereocenters. The number of rotatable bonds is 2. The Morgan fingerprint density at radius 2 is 1.66 bits per heavy atom. The minimum absolute atomic E-state index is 0.0118. The van der Waals surface area contributed by atoms with E-state index in [1.165, 1.54) is 0 Å². The van der Waals surface area contributed by atoms with Crippen LogP contribution in [0.5, 0.6) is 0 Å². The van der Waals surface area contributed by atoms with Crippen molar-refractivity contribution in [3.8, 4) is 0 Å². The molecule has 2 bridgehead atoms. The van der Waals surface area contributed by atoms with Gasteiger partial charge in [0.05, 0.1) is 0 Å². The van der Waals surface area contributed by atoms with Gasteiger partial charge in [-0.1, -0.05) is 11.6 Å². The van der Waals surface area contributed by atoms with Crippen molar-refractivity contribution in [2.24, 2.45) is 0 Å². The highest BCUT2D eigenvalue weighted by molar-refractivity contribution is 6.39. The standard InChI is InChI=1S/C19H22ClN5O4/c1-10(2)25-16-15(22-19(25)24-8-6-23(3)7-9-24)17-13(20)14(21)18(16)29-12(27)5-4-11(26)28-17/h4-5,10H,6-9,21H2,1-3H3. The Kier molecular flexibility index (Phi) is 4.87. The number of halogens is 1. The van der Waals surface area contributed by atoms with Crippen molar-refractivity contribution < 1.29 is 8.83 Å². The van der Waals surface area contributed by atoms with Crippen molar-refractivity contribution in [3.63, 3.8) is 0 Å². The zero-order valence-electron chi connectivity index (χ0n) is 16.4. The second kappa shape index (κ2) is 7.23. The Morgan fingerprint density at radius 1 is 1.07 bits per heavy atom. The van der Waals surface area contributed by atoms with Crippen molar-refractivity contribution in [3.05, 3.63) is 38.0 Å². The van der Waals surface area contributed by atoms with E-state index in [0.29, 0.717) is 17.0 Å². The lowest BCUT2D eigenvalue weighted by Gasteiger charge is -2.33. The van der Waals surface area contributed by atoms with Crippen molar-refractivity contribution in [2.45, 2.75) is 19.9 Å². The fourth-order valence-electron chi connectivity index (χ4n) is 3.57. The van der Waals surface area contributed by atoms with Gasteiger partial charge in [-0.15, -0.1) is 0 Å². The molecule has 2 N–H and O–H groups in total. The molecular formula is C19H22ClN5O4. The van der Waals surface area contributed by atoms with Crippen molar-refractivity contribution in [1.29, 1.82) is 0 Å². The number of likely N-dealkylation sites (N-methyl/N-ethyl adjacent to an activating group) is 1. The summed E-state index contributed by atoms with van der Waals surface area (Å²) in [6.07, 6.45) is 0. The third kappa shape index (κ3) is 3.30. The van der Waals surface area contributed by atoms with Gasteiger partial charge in [-0.2, -0.15) is 0 Å². The summed E-state index contributed by atoms with van der Waals surface area (Å²) in [5.74, 6) is 0.687. The van der Waals surface area contributed by atoms with Gasteiger partial charge in [0, 0.05) is 44.4 Å². The lowest BCUT2D eigenvalue weighted by Crippen LogP contribution is -2.45. The summed E-state index contributed by atoms with van der Waals surface area (Å²) in [5, 5.41) is -0.0118. The Hall–Kier alpha value is -2.78. The van der Waals surface area contributed by atoms with Crippen LogP contribution in [0.15, 0.2) is 30.6 Å². The molecule has 1 aliphatic heterocycles. The Labute approximate surface area is 170 Å². The average molecular weight is 420 g/mol. The summed E-state index contributed by atoms with van der Waals surface area (Å²) in [7, 11) is 2.07. The number of nitrogens with two attached hydrogens (primary N) is 1. The fourth-order valence-corrected chi connectivity index (χ4v) is 3.78. The van der Waals surface area contributed by atoms with E-state index in [1.807, 2.05) is 18.4 Å². The Morgan fingerprint density at radius 3 is 2.24 bits per heavy atom. The summed E-state index contributed by atoms with van der Waals surface area (Å²) in [6, 6.07) is 1.95. The zero-order chi connectivity index (χ0) is 20.9. The fraction of sp³-hybridized carbons (Fsp3) is 0.421. The van der Waals surface area contributed by atoms with Crippen LogP contribution in [0.25, 0.3) is 22.2 Å². The number of hydrogen-bond donors (Lipinski definition) is 1. The van der Waals surface area contributed by atoms with Crippen molar-refractivity contribution in [1.82, 2.24) is 14.5 Å². The molecule has 0 atom stereocenters. The molecule has 1 fully saturated rings. The first-order valence-electron chi connectivity index (χ1n) is 9.36. The lowest BCUT2D eigenvalue weighted by atomic mass is 10.2. The number of hydrogen-bond acceptors (Lipinski definition) is 8. The number of benzene rings is 1. The third-order valence-electron chi connectivity index (χ3n) is 5.07. The second-order valence-electron chi connectivity index (χ2n) is 7.42. The summed E-state index contributed by atoms with van der Waals surface area (Å²) >= 11 is 6.39. The molecule has 29 heavy (non-hydrogen) atoms. The molecule has 1 aliphatic rings. The number of aromatic nitrogens is 2. The van der Waals surface area contributed by atoms with Crippen LogP contribution in [-0.2, 0) is 0 Å². The van der Waals surface area contributed by atoms with Gasteiger partial charge in [0.25, 0.3) is 0 Å². The maximum Gasteiger partial charge on any atom is 0.336 e. The van der Waals surface area contributed by atoms with Crippen molar-refractivity contribution >= 4 is 45.4 Å². The Bertz CT molecular complexity index is 1240. The molecule has 3 heterocycles. The number of piperazine rings is 1. The third-order valence-corrected chi connectivity index (χ3v) is 5.44. The minimum Gasteiger partial charge on any atom is -0.419 e. The van der Waals surface area contributed by atoms with Gasteiger partial charge >= 0.3 is 11.3 Å². The molecule has 0 saturated carbocycles. The number of imidazole rings is 1. The van der Waals surface area contributed by atoms with Crippen LogP contribution in [0.2, 0.25) is 5.02 Å². The normalized spacial score (nSPS) is 15.6. The zero-order valence-corrected chi connectivity index (χ0v) is 17.2. The van der Waals surface area contributed by atoms with Crippen LogP contribution in [0.1, 0.15) is 19.9 Å². The number of anilines is 2. The number of nitrogen functional groups attached to an aromatic ring is 1. The smallest absolute Gasteiger partial charge is 0.336 e. The lowest BCUT2D eigenvalue weighted by molar-refractivity contribution is 0.309. The first-order chi connectivity index (χ1) is 13.8. The molecule has 1 saturated heterocycles. The molecule has 9 nitrogen and oxygen atoms in total. The molecule has 10 heteroatoms. The minimum atomic E-state index is -0.764. The molecule has 0 radical (unpaired) electrons. The summed E-state index contributed by atoms with van der Waals surface area (Å²) < 4.78 is 12.9. The maximum absolute atomic E-state index is 12.2. The first-order valence-corrected chi connectivity index (χ1v) is 9.73. The van der Waals surface area contributed by atoms with Crippen LogP contribution in [0.3, 0.4) is 0 Å². The highest BCUT2D eigenvalue weighted by Crippen LogP contribution is 2.40. The predicted octanol–water partition coefficient (Wildman–Crippen LogP) is 2.23. The van der Waals surface area contributed by atoms with Gasteiger partial charge in [-0.25, -0.2) is 14.6 Å². The predicted molar refractivity (Wildman–Crippen MR) is 113 cm³/mol. The number of nitrogens with zero attached hydrogens (tertiary/aromatic N) is 4. The summed E-state index contributed by atoms with van der Waals surface area (Å²) in [6.45, 7) is 7.32. The summed E-state index contributed by atoms with van der Waals surface area (Å²) in [4.78, 5) is 33.5. The quantitative estimate of drug-likeness (QED) is 0.629. The monoisotopic (exact) mass is 419 g/mol. The maximum atomic E-state index is 12.2. The van der Waals surface area contributed by atoms with Crippen LogP contribution in [-0.4, -0.2) is 47.7 Å². The largest absolute Gasteiger partial charge is 0.419 e. The molecular weight excluding hydrogens is 398 g/mol. The van der Waals surface area contributed by atoms with Gasteiger partial charge in [0.1, 0.15) is 21.7 Å². The van der Waals surface area contributed by atoms with Crippen LogP contribution in [0, 0.1) is 0 Å². The molecule has 0 amide bonds. The van der Waals surface area contributed by atoms with Crippen LogP contribution < -0.4 is 21.9 Å². The highest BCUT2D eigenvalue weighted by atomic mass is 35.5. The van der Waals surface area contributed by atoms with E-state index < -0.39 is 11.3 Å². The molecule has 4 rings (SSSR count). The summed E-state index contributed by atoms with van der Waals surface area (Å²) in [5.41, 5.74) is 5.68. The molecule has 154 valence electrons. The van der Waals surface area contributed by atoms with Gasteiger partial charge in [0.15, 0.2) is 11.2 Å². The van der Waals surface area contributed by atoms with Crippen molar-refractivity contribution in [2.75, 3.05) is 43.9 Å². The first kappa shape index (κ1) is 19.5. The molecule has 2 aromatic heterocycles. The van der Waals surface area contributed by atoms with Gasteiger partial charge < -0.3 is 28.9 Å². The molecule has 3 aromatic rings. The SMILES string of the molecule is CC(C)n1c(N2CCN(C)CC2)nc2c3oc(=O)ccc(=O)oc(c(N)c3Cl)c21. The average Bonchev–Trinajstić information content (AvgIpc) is 3.08. The molecule has 0 aliphatic carbocycles.